The van der Waals surface area contributed by atoms with E-state index >= 15 is 0 Å². The molecule has 1 aliphatic rings. The van der Waals surface area contributed by atoms with Crippen molar-refractivity contribution in [2.75, 3.05) is 7.05 Å². The highest BCUT2D eigenvalue weighted by molar-refractivity contribution is 5.20. The topological polar surface area (TPSA) is 15.0 Å². The van der Waals surface area contributed by atoms with Crippen LogP contribution in [0.15, 0.2) is 36.3 Å². The Morgan fingerprint density at radius 2 is 2.55 bits per heavy atom. The van der Waals surface area contributed by atoms with Gasteiger partial charge in [0.25, 0.3) is 0 Å². The number of rotatable bonds is 2. The van der Waals surface area contributed by atoms with Crippen LogP contribution in [-0.2, 0) is 0 Å². The Labute approximate surface area is 67.2 Å². The average molecular weight is 149 g/mol. The zero-order chi connectivity index (χ0) is 8.10. The first-order valence-corrected chi connectivity index (χ1v) is 3.61. The van der Waals surface area contributed by atoms with Crippen LogP contribution in [0.1, 0.15) is 6.42 Å². The monoisotopic (exact) mass is 149 g/mol. The van der Waals surface area contributed by atoms with Gasteiger partial charge in [0.05, 0.1) is 0 Å². The predicted octanol–water partition coefficient (Wildman–Crippen LogP) is 1.23. The molecule has 1 N–H and O–H groups in total. The predicted molar refractivity (Wildman–Crippen MR) is 47.4 cm³/mol. The van der Waals surface area contributed by atoms with Gasteiger partial charge in [-0.25, -0.2) is 4.58 Å². The molecule has 0 aliphatic carbocycles. The Bertz CT molecular complexity index is 224. The first-order chi connectivity index (χ1) is 5.29. The van der Waals surface area contributed by atoms with E-state index < -0.39 is 0 Å². The summed E-state index contributed by atoms with van der Waals surface area (Å²) in [5, 5.41) is 3.12. The van der Waals surface area contributed by atoms with Crippen LogP contribution in [-0.4, -0.2) is 18.3 Å². The molecule has 0 fully saturated rings. The Morgan fingerprint density at radius 1 is 1.73 bits per heavy atom. The van der Waals surface area contributed by atoms with Crippen molar-refractivity contribution in [1.82, 2.24) is 5.32 Å². The van der Waals surface area contributed by atoms with Gasteiger partial charge in [0.2, 0.25) is 0 Å². The Hall–Kier alpha value is -1.31. The van der Waals surface area contributed by atoms with Gasteiger partial charge in [0, 0.05) is 18.2 Å². The lowest BCUT2D eigenvalue weighted by Crippen LogP contribution is -1.96. The van der Waals surface area contributed by atoms with Crippen molar-refractivity contribution < 1.29 is 4.58 Å². The second-order valence-corrected chi connectivity index (χ2v) is 2.54. The SMILES string of the molecule is C=[N+](C)/C=C\C=C1/CC=CN1. The first kappa shape index (κ1) is 7.79. The zero-order valence-corrected chi connectivity index (χ0v) is 6.75. The highest BCUT2D eigenvalue weighted by Crippen LogP contribution is 2.04. The van der Waals surface area contributed by atoms with Crippen LogP contribution in [0.2, 0.25) is 0 Å². The summed E-state index contributed by atoms with van der Waals surface area (Å²) in [6.45, 7) is 3.68. The summed E-state index contributed by atoms with van der Waals surface area (Å²) in [4.78, 5) is 0. The molecular weight excluding hydrogens is 136 g/mol. The molecule has 1 aliphatic heterocycles. The van der Waals surface area contributed by atoms with Crippen LogP contribution < -0.4 is 5.32 Å². The van der Waals surface area contributed by atoms with Gasteiger partial charge < -0.3 is 5.32 Å². The second-order valence-electron chi connectivity index (χ2n) is 2.54. The van der Waals surface area contributed by atoms with Crippen LogP contribution >= 0.6 is 0 Å². The molecule has 0 atom stereocenters. The van der Waals surface area contributed by atoms with Crippen molar-refractivity contribution in [3.05, 3.63) is 36.3 Å². The number of nitrogens with one attached hydrogen (secondary N) is 1. The fraction of sp³-hybridized carbons (Fsp3) is 0.222. The van der Waals surface area contributed by atoms with Crippen molar-refractivity contribution in [2.24, 2.45) is 0 Å². The summed E-state index contributed by atoms with van der Waals surface area (Å²) in [6, 6.07) is 0. The summed E-state index contributed by atoms with van der Waals surface area (Å²) in [5.74, 6) is 0. The molecule has 0 unspecified atom stereocenters. The zero-order valence-electron chi connectivity index (χ0n) is 6.75. The lowest BCUT2D eigenvalue weighted by atomic mass is 10.3. The van der Waals surface area contributed by atoms with Gasteiger partial charge in [-0.2, -0.15) is 0 Å². The van der Waals surface area contributed by atoms with E-state index in [2.05, 4.69) is 18.1 Å². The third-order valence-electron chi connectivity index (χ3n) is 1.36. The lowest BCUT2D eigenvalue weighted by molar-refractivity contribution is -0.412. The van der Waals surface area contributed by atoms with Crippen LogP contribution in [0, 0.1) is 0 Å². The summed E-state index contributed by atoms with van der Waals surface area (Å²) in [6.07, 6.45) is 11.0. The molecule has 2 nitrogen and oxygen atoms in total. The Kier molecular flexibility index (Phi) is 2.66. The normalized spacial score (nSPS) is 19.5. The van der Waals surface area contributed by atoms with Crippen LogP contribution in [0.4, 0.5) is 0 Å². The van der Waals surface area contributed by atoms with Gasteiger partial charge in [-0.1, -0.05) is 6.08 Å². The molecule has 2 heteroatoms. The number of hydrogen-bond acceptors (Lipinski definition) is 1. The fourth-order valence-corrected chi connectivity index (χ4v) is 0.833. The third kappa shape index (κ3) is 2.85. The maximum atomic E-state index is 3.68. The first-order valence-electron chi connectivity index (χ1n) is 3.61. The van der Waals surface area contributed by atoms with E-state index in [1.807, 2.05) is 31.6 Å². The molecule has 0 aromatic carbocycles. The molecule has 0 spiro atoms. The molecule has 0 aromatic rings. The van der Waals surface area contributed by atoms with Crippen molar-refractivity contribution in [3.8, 4) is 0 Å². The van der Waals surface area contributed by atoms with Gasteiger partial charge in [-0.3, -0.25) is 0 Å². The standard InChI is InChI=1S/C9H13N2/c1-11(2)8-4-6-9-5-3-7-10-9/h3-4,6-8,10H,1,5H2,2H3/q+1/b8-4-,9-6+. The van der Waals surface area contributed by atoms with Crippen LogP contribution in [0.25, 0.3) is 0 Å². The van der Waals surface area contributed by atoms with E-state index in [4.69, 9.17) is 0 Å². The second kappa shape index (κ2) is 3.76. The summed E-state index contributed by atoms with van der Waals surface area (Å²) >= 11 is 0. The average Bonchev–Trinajstić information content (AvgIpc) is 2.39. The molecule has 0 radical (unpaired) electrons. The van der Waals surface area contributed by atoms with E-state index in [0.29, 0.717) is 0 Å². The molecule has 0 aromatic heterocycles. The van der Waals surface area contributed by atoms with Gasteiger partial charge >= 0.3 is 0 Å². The minimum atomic E-state index is 1.01. The number of hydrogen-bond donors (Lipinski definition) is 1. The van der Waals surface area contributed by atoms with Gasteiger partial charge in [-0.15, -0.1) is 0 Å². The van der Waals surface area contributed by atoms with Gasteiger partial charge in [0.1, 0.15) is 13.8 Å². The van der Waals surface area contributed by atoms with Crippen molar-refractivity contribution in [2.45, 2.75) is 6.42 Å². The largest absolute Gasteiger partial charge is 0.365 e. The molecular formula is C9H13N2+. The lowest BCUT2D eigenvalue weighted by Gasteiger charge is -1.92. The maximum Gasteiger partial charge on any atom is 0.168 e. The molecule has 1 rings (SSSR count). The number of nitrogens with zero attached hydrogens (tertiary/aromatic N) is 1. The van der Waals surface area contributed by atoms with E-state index in [9.17, 15) is 0 Å². The van der Waals surface area contributed by atoms with E-state index in [1.54, 1.807) is 4.58 Å². The Morgan fingerprint density at radius 3 is 3.09 bits per heavy atom. The smallest absolute Gasteiger partial charge is 0.168 e. The highest BCUT2D eigenvalue weighted by atomic mass is 14.9. The fourth-order valence-electron chi connectivity index (χ4n) is 0.833. The van der Waals surface area contributed by atoms with Crippen LogP contribution in [0.5, 0.6) is 0 Å². The van der Waals surface area contributed by atoms with Crippen molar-refractivity contribution in [1.29, 1.82) is 0 Å². The van der Waals surface area contributed by atoms with E-state index in [0.717, 1.165) is 6.42 Å². The van der Waals surface area contributed by atoms with Crippen molar-refractivity contribution in [3.63, 3.8) is 0 Å². The molecule has 11 heavy (non-hydrogen) atoms. The summed E-state index contributed by atoms with van der Waals surface area (Å²) in [7, 11) is 1.90. The van der Waals surface area contributed by atoms with Crippen LogP contribution in [0.3, 0.4) is 0 Å². The molecule has 1 heterocycles. The summed E-state index contributed by atoms with van der Waals surface area (Å²) in [5.41, 5.74) is 1.23. The minimum Gasteiger partial charge on any atom is -0.365 e. The highest BCUT2D eigenvalue weighted by Gasteiger charge is 1.94. The third-order valence-corrected chi connectivity index (χ3v) is 1.36. The van der Waals surface area contributed by atoms with Crippen molar-refractivity contribution >= 4 is 6.72 Å². The quantitative estimate of drug-likeness (QED) is 0.461. The van der Waals surface area contributed by atoms with Gasteiger partial charge in [0.15, 0.2) is 6.20 Å². The molecule has 0 amide bonds. The maximum absolute atomic E-state index is 3.68. The molecule has 0 bridgehead atoms. The van der Waals surface area contributed by atoms with E-state index in [1.165, 1.54) is 5.70 Å². The molecule has 0 saturated carbocycles. The minimum absolute atomic E-state index is 1.01. The molecule has 0 saturated heterocycles. The molecule has 58 valence electrons. The van der Waals surface area contributed by atoms with Gasteiger partial charge in [-0.05, 0) is 12.3 Å². The Balaban J connectivity index is 2.41. The summed E-state index contributed by atoms with van der Waals surface area (Å²) < 4.78 is 1.76. The number of allylic oxidation sites excluding steroid dienone is 3. The van der Waals surface area contributed by atoms with E-state index in [-0.39, 0.29) is 0 Å².